The quantitative estimate of drug-likeness (QED) is 0.773. The molecule has 25 heavy (non-hydrogen) atoms. The minimum absolute atomic E-state index is 0.548. The number of likely N-dealkylation sites (tertiary alicyclic amines) is 1. The molecule has 0 amide bonds. The minimum atomic E-state index is 0.548. The Morgan fingerprint density at radius 2 is 1.92 bits per heavy atom. The van der Waals surface area contributed by atoms with Gasteiger partial charge >= 0.3 is 0 Å². The molecule has 0 atom stereocenters. The largest absolute Gasteiger partial charge is 0.341 e. The predicted octanol–water partition coefficient (Wildman–Crippen LogP) is 3.28. The summed E-state index contributed by atoms with van der Waals surface area (Å²) in [5.41, 5.74) is 2.17. The molecule has 2 aromatic heterocycles. The summed E-state index contributed by atoms with van der Waals surface area (Å²) in [6.07, 6.45) is 5.75. The first-order valence-corrected chi connectivity index (χ1v) is 9.32. The number of para-hydroxylation sites is 2. The van der Waals surface area contributed by atoms with Crippen molar-refractivity contribution >= 4 is 11.0 Å². The van der Waals surface area contributed by atoms with E-state index in [-0.39, 0.29) is 0 Å². The van der Waals surface area contributed by atoms with Crippen molar-refractivity contribution in [2.45, 2.75) is 44.6 Å². The van der Waals surface area contributed by atoms with Crippen LogP contribution in [0.1, 0.15) is 49.1 Å². The molecule has 1 aliphatic carbocycles. The Balaban J connectivity index is 1.15. The number of hydrogen-bond acceptors (Lipinski definition) is 5. The van der Waals surface area contributed by atoms with Crippen LogP contribution in [0.3, 0.4) is 0 Å². The van der Waals surface area contributed by atoms with E-state index >= 15 is 0 Å². The van der Waals surface area contributed by atoms with Crippen LogP contribution in [0.15, 0.2) is 28.8 Å². The van der Waals surface area contributed by atoms with Gasteiger partial charge in [-0.15, -0.1) is 0 Å². The summed E-state index contributed by atoms with van der Waals surface area (Å²) in [5.74, 6) is 4.03. The summed E-state index contributed by atoms with van der Waals surface area (Å²) < 4.78 is 5.38. The molecule has 6 nitrogen and oxygen atoms in total. The summed E-state index contributed by atoms with van der Waals surface area (Å²) >= 11 is 0. The van der Waals surface area contributed by atoms with Crippen LogP contribution in [0.2, 0.25) is 0 Å². The van der Waals surface area contributed by atoms with Crippen LogP contribution in [-0.2, 0) is 13.0 Å². The first kappa shape index (κ1) is 15.1. The maximum Gasteiger partial charge on any atom is 0.229 e. The van der Waals surface area contributed by atoms with Gasteiger partial charge in [0.1, 0.15) is 5.82 Å². The maximum absolute atomic E-state index is 5.38. The molecule has 3 aromatic rings. The first-order chi connectivity index (χ1) is 12.3. The molecule has 0 radical (unpaired) electrons. The molecule has 6 heteroatoms. The van der Waals surface area contributed by atoms with E-state index in [1.807, 2.05) is 12.1 Å². The van der Waals surface area contributed by atoms with Crippen molar-refractivity contribution in [3.05, 3.63) is 41.8 Å². The van der Waals surface area contributed by atoms with Crippen molar-refractivity contribution in [3.63, 3.8) is 0 Å². The lowest BCUT2D eigenvalue weighted by atomic mass is 9.93. The third-order valence-electron chi connectivity index (χ3n) is 5.40. The number of nitrogens with one attached hydrogen (secondary N) is 1. The highest BCUT2D eigenvalue weighted by Crippen LogP contribution is 2.39. The molecule has 5 rings (SSSR count). The zero-order valence-corrected chi connectivity index (χ0v) is 14.3. The van der Waals surface area contributed by atoms with Crippen molar-refractivity contribution in [1.82, 2.24) is 25.0 Å². The average Bonchev–Trinajstić information content (AvgIpc) is 3.24. The second-order valence-corrected chi connectivity index (χ2v) is 7.45. The molecule has 2 aliphatic rings. The Kier molecular flexibility index (Phi) is 3.77. The molecule has 1 saturated heterocycles. The molecule has 0 unspecified atom stereocenters. The van der Waals surface area contributed by atoms with E-state index in [2.05, 4.69) is 37.1 Å². The first-order valence-electron chi connectivity index (χ1n) is 9.32. The smallest absolute Gasteiger partial charge is 0.229 e. The number of aromatic nitrogens is 4. The van der Waals surface area contributed by atoms with Crippen LogP contribution in [0.4, 0.5) is 0 Å². The topological polar surface area (TPSA) is 70.8 Å². The molecule has 1 aromatic carbocycles. The third kappa shape index (κ3) is 3.31. The summed E-state index contributed by atoms with van der Waals surface area (Å²) in [5, 5.41) is 4.17. The molecular formula is C19H23N5O. The number of piperidine rings is 1. The van der Waals surface area contributed by atoms with E-state index in [4.69, 9.17) is 4.52 Å². The molecular weight excluding hydrogens is 314 g/mol. The molecule has 1 aliphatic heterocycles. The fourth-order valence-corrected chi connectivity index (χ4v) is 3.75. The van der Waals surface area contributed by atoms with Crippen molar-refractivity contribution in [2.24, 2.45) is 5.92 Å². The van der Waals surface area contributed by atoms with Crippen molar-refractivity contribution in [3.8, 4) is 0 Å². The summed E-state index contributed by atoms with van der Waals surface area (Å²) in [6.45, 7) is 3.11. The van der Waals surface area contributed by atoms with Gasteiger partial charge in [-0.1, -0.05) is 17.3 Å². The molecule has 2 fully saturated rings. The Morgan fingerprint density at radius 3 is 2.72 bits per heavy atom. The Morgan fingerprint density at radius 1 is 1.08 bits per heavy atom. The maximum atomic E-state index is 5.38. The molecule has 0 spiro atoms. The van der Waals surface area contributed by atoms with Crippen LogP contribution < -0.4 is 0 Å². The Hall–Kier alpha value is -2.21. The second kappa shape index (κ2) is 6.26. The van der Waals surface area contributed by atoms with Crippen LogP contribution >= 0.6 is 0 Å². The monoisotopic (exact) mass is 337 g/mol. The molecule has 0 bridgehead atoms. The molecule has 130 valence electrons. The normalized spacial score (nSPS) is 19.7. The number of fused-ring (bicyclic) bond motifs is 1. The summed E-state index contributed by atoms with van der Waals surface area (Å²) in [7, 11) is 0. The number of aromatic amines is 1. The van der Waals surface area contributed by atoms with Crippen molar-refractivity contribution < 1.29 is 4.52 Å². The van der Waals surface area contributed by atoms with Gasteiger partial charge in [-0.25, -0.2) is 4.98 Å². The third-order valence-corrected chi connectivity index (χ3v) is 5.40. The summed E-state index contributed by atoms with van der Waals surface area (Å²) in [4.78, 5) is 15.2. The van der Waals surface area contributed by atoms with Gasteiger partial charge in [-0.05, 0) is 56.8 Å². The van der Waals surface area contributed by atoms with Gasteiger partial charge in [0.15, 0.2) is 5.82 Å². The standard InChI is InChI=1S/C19H23N5O/c1-2-4-16-15(3-1)20-18(21-16)12-24-9-7-13(8-10-24)11-17-22-19(25-23-17)14-5-6-14/h1-4,13-14H,5-12H2,(H,20,21). The van der Waals surface area contributed by atoms with Gasteiger partial charge in [0, 0.05) is 12.3 Å². The van der Waals surface area contributed by atoms with Crippen LogP contribution in [0.25, 0.3) is 11.0 Å². The van der Waals surface area contributed by atoms with Gasteiger partial charge < -0.3 is 9.51 Å². The van der Waals surface area contributed by atoms with E-state index in [9.17, 15) is 0 Å². The number of rotatable bonds is 5. The van der Waals surface area contributed by atoms with Gasteiger partial charge in [-0.3, -0.25) is 4.90 Å². The number of H-pyrrole nitrogens is 1. The highest BCUT2D eigenvalue weighted by atomic mass is 16.5. The summed E-state index contributed by atoms with van der Waals surface area (Å²) in [6, 6.07) is 8.22. The molecule has 3 heterocycles. The number of imidazole rings is 1. The van der Waals surface area contributed by atoms with Crippen LogP contribution in [0.5, 0.6) is 0 Å². The van der Waals surface area contributed by atoms with Gasteiger partial charge in [0.25, 0.3) is 0 Å². The van der Waals surface area contributed by atoms with Crippen LogP contribution in [0, 0.1) is 5.92 Å². The number of hydrogen-bond donors (Lipinski definition) is 1. The van der Waals surface area contributed by atoms with Gasteiger partial charge in [0.05, 0.1) is 17.6 Å². The Labute approximate surface area is 146 Å². The lowest BCUT2D eigenvalue weighted by Crippen LogP contribution is -2.34. The Bertz CT molecular complexity index is 824. The van der Waals surface area contributed by atoms with E-state index in [1.54, 1.807) is 0 Å². The van der Waals surface area contributed by atoms with E-state index in [1.165, 1.54) is 25.7 Å². The van der Waals surface area contributed by atoms with Crippen molar-refractivity contribution in [2.75, 3.05) is 13.1 Å². The molecule has 1 saturated carbocycles. The SMILES string of the molecule is c1ccc2[nH]c(CN3CCC(Cc4noc(C5CC5)n4)CC3)nc2c1. The second-order valence-electron chi connectivity index (χ2n) is 7.45. The fraction of sp³-hybridized carbons (Fsp3) is 0.526. The highest BCUT2D eigenvalue weighted by molar-refractivity contribution is 5.74. The lowest BCUT2D eigenvalue weighted by Gasteiger charge is -2.30. The zero-order chi connectivity index (χ0) is 16.6. The fourth-order valence-electron chi connectivity index (χ4n) is 3.75. The zero-order valence-electron chi connectivity index (χ0n) is 14.3. The van der Waals surface area contributed by atoms with Crippen molar-refractivity contribution in [1.29, 1.82) is 0 Å². The van der Waals surface area contributed by atoms with Crippen LogP contribution in [-0.4, -0.2) is 38.1 Å². The van der Waals surface area contributed by atoms with Gasteiger partial charge in [0.2, 0.25) is 5.89 Å². The average molecular weight is 337 g/mol. The van der Waals surface area contributed by atoms with E-state index in [0.717, 1.165) is 54.6 Å². The van der Waals surface area contributed by atoms with E-state index in [0.29, 0.717) is 11.8 Å². The molecule has 1 N–H and O–H groups in total. The minimum Gasteiger partial charge on any atom is -0.341 e. The number of nitrogens with zero attached hydrogens (tertiary/aromatic N) is 4. The lowest BCUT2D eigenvalue weighted by molar-refractivity contribution is 0.172. The van der Waals surface area contributed by atoms with E-state index < -0.39 is 0 Å². The number of benzene rings is 1. The van der Waals surface area contributed by atoms with Gasteiger partial charge in [-0.2, -0.15) is 4.98 Å². The predicted molar refractivity (Wildman–Crippen MR) is 94.1 cm³/mol. The highest BCUT2D eigenvalue weighted by Gasteiger charge is 2.30.